The average Bonchev–Trinajstić information content (AvgIpc) is 2.80. The van der Waals surface area contributed by atoms with Crippen molar-refractivity contribution in [2.24, 2.45) is 11.8 Å². The fraction of sp³-hybridized carbons (Fsp3) is 0.542. The van der Waals surface area contributed by atoms with Crippen molar-refractivity contribution in [2.75, 3.05) is 32.8 Å². The van der Waals surface area contributed by atoms with Crippen molar-refractivity contribution in [1.82, 2.24) is 4.98 Å². The first kappa shape index (κ1) is 25.1. The number of pyridine rings is 1. The molecule has 9 heteroatoms. The maximum absolute atomic E-state index is 12.3. The number of halogens is 1. The topological polar surface area (TPSA) is 96.0 Å². The Balaban J connectivity index is 2.20. The summed E-state index contributed by atoms with van der Waals surface area (Å²) in [5.74, 6) is 0.0554. The van der Waals surface area contributed by atoms with Gasteiger partial charge in [-0.1, -0.05) is 39.3 Å². The zero-order valence-corrected chi connectivity index (χ0v) is 20.6. The van der Waals surface area contributed by atoms with Crippen LogP contribution in [0.15, 0.2) is 12.1 Å². The summed E-state index contributed by atoms with van der Waals surface area (Å²) in [6.45, 7) is 9.15. The number of carbonyl (C=O) groups excluding carboxylic acids is 2. The zero-order chi connectivity index (χ0) is 24.3. The highest BCUT2D eigenvalue weighted by Crippen LogP contribution is 2.45. The van der Waals surface area contributed by atoms with Gasteiger partial charge in [0.05, 0.1) is 43.2 Å². The minimum absolute atomic E-state index is 0.0820. The molecule has 8 nitrogen and oxygen atoms in total. The van der Waals surface area contributed by atoms with E-state index < -0.39 is 18.0 Å². The molecule has 2 atom stereocenters. The van der Waals surface area contributed by atoms with Crippen LogP contribution in [-0.4, -0.2) is 50.4 Å². The molecule has 0 unspecified atom stereocenters. The number of benzene rings is 1. The molecule has 1 N–H and O–H groups in total. The highest BCUT2D eigenvalue weighted by molar-refractivity contribution is 6.38. The van der Waals surface area contributed by atoms with Crippen LogP contribution in [0, 0.1) is 11.8 Å². The van der Waals surface area contributed by atoms with Crippen LogP contribution in [0.2, 0.25) is 5.02 Å². The number of aromatic nitrogens is 1. The van der Waals surface area contributed by atoms with E-state index in [0.717, 1.165) is 5.56 Å². The molecular formula is C24H31ClN2O6. The van der Waals surface area contributed by atoms with Gasteiger partial charge in [0.1, 0.15) is 11.8 Å². The fourth-order valence-electron chi connectivity index (χ4n) is 3.63. The highest BCUT2D eigenvalue weighted by atomic mass is 35.5. The van der Waals surface area contributed by atoms with Crippen LogP contribution in [-0.2, 0) is 19.0 Å². The van der Waals surface area contributed by atoms with Crippen molar-refractivity contribution in [3.8, 4) is 5.75 Å². The van der Waals surface area contributed by atoms with Gasteiger partial charge in [-0.3, -0.25) is 0 Å². The molecule has 1 aliphatic rings. The monoisotopic (exact) mass is 478 g/mol. The van der Waals surface area contributed by atoms with Gasteiger partial charge in [-0.05, 0) is 17.9 Å². The molecule has 0 radical (unpaired) electrons. The number of carbonyl (C=O) groups is 2. The number of nitrogens with zero attached hydrogens (tertiary/aromatic N) is 1. The molecule has 0 saturated carbocycles. The van der Waals surface area contributed by atoms with Crippen molar-refractivity contribution in [1.29, 1.82) is 0 Å². The van der Waals surface area contributed by atoms with Crippen LogP contribution in [0.5, 0.6) is 5.75 Å². The van der Waals surface area contributed by atoms with Gasteiger partial charge in [0.25, 0.3) is 0 Å². The Morgan fingerprint density at radius 2 is 1.82 bits per heavy atom. The largest absolute Gasteiger partial charge is 0.493 e. The highest BCUT2D eigenvalue weighted by Gasteiger charge is 2.35. The molecule has 0 bridgehead atoms. The van der Waals surface area contributed by atoms with Crippen molar-refractivity contribution in [3.05, 3.63) is 28.4 Å². The van der Waals surface area contributed by atoms with Crippen molar-refractivity contribution < 1.29 is 28.5 Å². The van der Waals surface area contributed by atoms with E-state index >= 15 is 0 Å². The normalized spacial score (nSPS) is 17.6. The number of anilines is 1. The Hall–Kier alpha value is -2.58. The molecule has 3 rings (SSSR count). The third-order valence-corrected chi connectivity index (χ3v) is 5.60. The quantitative estimate of drug-likeness (QED) is 0.541. The van der Waals surface area contributed by atoms with Crippen LogP contribution in [0.25, 0.3) is 10.9 Å². The third-order valence-electron chi connectivity index (χ3n) is 5.23. The van der Waals surface area contributed by atoms with Crippen LogP contribution in [0.1, 0.15) is 56.3 Å². The average molecular weight is 479 g/mol. The summed E-state index contributed by atoms with van der Waals surface area (Å²) in [6, 6.07) is 2.85. The number of hydrogen-bond acceptors (Lipinski definition) is 8. The van der Waals surface area contributed by atoms with Crippen LogP contribution < -0.4 is 10.1 Å². The van der Waals surface area contributed by atoms with Gasteiger partial charge in [0.15, 0.2) is 5.69 Å². The number of fused-ring (bicyclic) bond motifs is 2. The first-order chi connectivity index (χ1) is 15.7. The van der Waals surface area contributed by atoms with E-state index in [0.29, 0.717) is 47.9 Å². The smallest absolute Gasteiger partial charge is 0.356 e. The molecular weight excluding hydrogens is 448 g/mol. The Morgan fingerprint density at radius 1 is 1.12 bits per heavy atom. The van der Waals surface area contributed by atoms with E-state index in [1.54, 1.807) is 6.07 Å². The molecule has 33 heavy (non-hydrogen) atoms. The Morgan fingerprint density at radius 3 is 2.42 bits per heavy atom. The number of hydrogen-bond donors (Lipinski definition) is 1. The standard InChI is InChI=1S/C24H31ClN2O6/c1-12(2)10-32-18-8-16(23(28)30-5)26-21-14(18)7-15-19(33-11-13(3)4)9-17(24(29)31-6)27-22(15)20(21)25/h7-8,12-13,17,19,27H,9-11H2,1-6H3/t17-,19-/m1/s1. The maximum atomic E-state index is 12.3. The first-order valence-corrected chi connectivity index (χ1v) is 11.4. The van der Waals surface area contributed by atoms with Crippen molar-refractivity contribution in [3.63, 3.8) is 0 Å². The second-order valence-corrected chi connectivity index (χ2v) is 9.30. The van der Waals surface area contributed by atoms with Crippen LogP contribution >= 0.6 is 11.6 Å². The molecule has 1 aliphatic heterocycles. The number of nitrogens with one attached hydrogen (secondary N) is 1. The third kappa shape index (κ3) is 5.50. The summed E-state index contributed by atoms with van der Waals surface area (Å²) < 4.78 is 22.0. The Labute approximate surface area is 198 Å². The van der Waals surface area contributed by atoms with Gasteiger partial charge in [0, 0.05) is 30.0 Å². The lowest BCUT2D eigenvalue weighted by molar-refractivity contribution is -0.142. The van der Waals surface area contributed by atoms with Crippen molar-refractivity contribution >= 4 is 40.1 Å². The predicted molar refractivity (Wildman–Crippen MR) is 126 cm³/mol. The molecule has 0 saturated heterocycles. The van der Waals surface area contributed by atoms with Gasteiger partial charge >= 0.3 is 11.9 Å². The summed E-state index contributed by atoms with van der Waals surface area (Å²) in [5.41, 5.74) is 1.79. The summed E-state index contributed by atoms with van der Waals surface area (Å²) in [6.07, 6.45) is 0.0114. The van der Waals surface area contributed by atoms with E-state index in [1.165, 1.54) is 14.2 Å². The summed E-state index contributed by atoms with van der Waals surface area (Å²) >= 11 is 6.81. The van der Waals surface area contributed by atoms with E-state index in [1.807, 2.05) is 19.9 Å². The molecule has 0 spiro atoms. The minimum atomic E-state index is -0.630. The lowest BCUT2D eigenvalue weighted by atomic mass is 9.93. The number of ether oxygens (including phenoxy) is 4. The van der Waals surface area contributed by atoms with Crippen molar-refractivity contribution in [2.45, 2.75) is 46.3 Å². The molecule has 0 fully saturated rings. The van der Waals surface area contributed by atoms with Crippen LogP contribution in [0.4, 0.5) is 5.69 Å². The first-order valence-electron chi connectivity index (χ1n) is 11.0. The number of methoxy groups -OCH3 is 2. The van der Waals surface area contributed by atoms with E-state index in [-0.39, 0.29) is 22.7 Å². The molecule has 2 heterocycles. The maximum Gasteiger partial charge on any atom is 0.356 e. The van der Waals surface area contributed by atoms with Gasteiger partial charge < -0.3 is 24.3 Å². The second-order valence-electron chi connectivity index (χ2n) is 8.92. The van der Waals surface area contributed by atoms with Gasteiger partial charge in [0.2, 0.25) is 0 Å². The molecule has 2 aromatic rings. The van der Waals surface area contributed by atoms with E-state index in [9.17, 15) is 9.59 Å². The lowest BCUT2D eigenvalue weighted by Crippen LogP contribution is -2.37. The molecule has 0 amide bonds. The van der Waals surface area contributed by atoms with Gasteiger partial charge in [-0.15, -0.1) is 0 Å². The molecule has 180 valence electrons. The number of rotatable bonds is 8. The van der Waals surface area contributed by atoms with E-state index in [4.69, 9.17) is 30.5 Å². The second kappa shape index (κ2) is 10.6. The predicted octanol–water partition coefficient (Wildman–Crippen LogP) is 4.78. The Bertz CT molecular complexity index is 1040. The lowest BCUT2D eigenvalue weighted by Gasteiger charge is -2.33. The Kier molecular flexibility index (Phi) is 8.02. The summed E-state index contributed by atoms with van der Waals surface area (Å²) in [4.78, 5) is 29.0. The van der Waals surface area contributed by atoms with Gasteiger partial charge in [-0.2, -0.15) is 0 Å². The fourth-order valence-corrected chi connectivity index (χ4v) is 3.94. The molecule has 0 aliphatic carbocycles. The SMILES string of the molecule is COC(=O)c1cc(OCC(C)C)c2cc3c(c(Cl)c2n1)N[C@@H](C(=O)OC)C[C@H]3OCC(C)C. The van der Waals surface area contributed by atoms with E-state index in [2.05, 4.69) is 24.1 Å². The van der Waals surface area contributed by atoms with Crippen LogP contribution in [0.3, 0.4) is 0 Å². The molecule has 1 aromatic carbocycles. The zero-order valence-electron chi connectivity index (χ0n) is 19.9. The summed E-state index contributed by atoms with van der Waals surface area (Å²) in [5, 5.41) is 4.10. The number of esters is 2. The minimum Gasteiger partial charge on any atom is -0.493 e. The summed E-state index contributed by atoms with van der Waals surface area (Å²) in [7, 11) is 2.63. The molecule has 1 aromatic heterocycles. The van der Waals surface area contributed by atoms with Gasteiger partial charge in [-0.25, -0.2) is 14.6 Å².